The molecule has 1 aliphatic heterocycles. The van der Waals surface area contributed by atoms with Crippen LogP contribution < -0.4 is 4.74 Å². The lowest BCUT2D eigenvalue weighted by atomic mass is 9.63. The maximum atomic E-state index is 9.93. The molecule has 0 radical (unpaired) electrons. The van der Waals surface area contributed by atoms with Gasteiger partial charge in [0.2, 0.25) is 0 Å². The molecule has 1 aliphatic rings. The van der Waals surface area contributed by atoms with Crippen molar-refractivity contribution in [2.45, 2.75) is 5.41 Å². The second-order valence-electron chi connectivity index (χ2n) is 10.7. The summed E-state index contributed by atoms with van der Waals surface area (Å²) < 4.78 is 161. The van der Waals surface area contributed by atoms with Gasteiger partial charge in [0.15, 0.2) is 0 Å². The molecule has 0 bridgehead atoms. The van der Waals surface area contributed by atoms with Gasteiger partial charge >= 0.3 is 0 Å². The molecular formula is C45H30O. The van der Waals surface area contributed by atoms with Gasteiger partial charge in [-0.2, -0.15) is 0 Å². The number of fused-ring (bicyclic) bond motifs is 5. The molecule has 8 aromatic carbocycles. The Balaban J connectivity index is 1.51. The maximum absolute atomic E-state index is 9.93. The largest absolute Gasteiger partial charge is 0.457 e. The minimum atomic E-state index is -3.02. The Hall–Kier alpha value is -5.92. The number of hydrogen-bond acceptors (Lipinski definition) is 1. The van der Waals surface area contributed by atoms with E-state index in [1.54, 1.807) is 24.3 Å². The Bertz CT molecular complexity index is 3200. The highest BCUT2D eigenvalue weighted by Gasteiger charge is 2.45. The van der Waals surface area contributed by atoms with Crippen molar-refractivity contribution in [3.05, 3.63) is 204 Å². The third kappa shape index (κ3) is 3.95. The molecule has 216 valence electrons. The van der Waals surface area contributed by atoms with Crippen LogP contribution in [0.25, 0.3) is 43.8 Å². The summed E-state index contributed by atoms with van der Waals surface area (Å²) in [6.45, 7) is 0. The lowest BCUT2D eigenvalue weighted by Gasteiger charge is -2.41. The molecule has 1 heterocycles. The highest BCUT2D eigenvalue weighted by Crippen LogP contribution is 2.56. The standard InChI is InChI=1S/C45H30O/c1-3-15-33(16-4-1)45(34-17-5-2-6-18-34)41-24-11-12-25-43(41)46-44-30-32(27-29-42(44)45)36-20-9-10-21-37(36)39-23-13-22-38-35-19-8-7-14-31(35)26-28-40(38)39/h1-30H/i1D,2D,3D,4D,5D,6D,11D,12D,15D,16D,17D,18D,24D,25D,27D,29D,30D. The number of para-hydroxylation sites is 1. The molecule has 1 nitrogen and oxygen atoms in total. The number of rotatable bonds is 4. The van der Waals surface area contributed by atoms with Crippen LogP contribution in [0.15, 0.2) is 182 Å². The third-order valence-electron chi connectivity index (χ3n) is 8.41. The predicted octanol–water partition coefficient (Wildman–Crippen LogP) is 11.8. The van der Waals surface area contributed by atoms with Crippen LogP contribution in [0.4, 0.5) is 0 Å². The van der Waals surface area contributed by atoms with Crippen LogP contribution >= 0.6 is 0 Å². The molecule has 0 fully saturated rings. The van der Waals surface area contributed by atoms with Gasteiger partial charge in [-0.3, -0.25) is 0 Å². The summed E-state index contributed by atoms with van der Waals surface area (Å²) >= 11 is 0. The normalized spacial score (nSPS) is 18.3. The molecule has 9 rings (SSSR count). The van der Waals surface area contributed by atoms with E-state index in [0.29, 0.717) is 11.1 Å². The van der Waals surface area contributed by atoms with Crippen molar-refractivity contribution in [3.63, 3.8) is 0 Å². The van der Waals surface area contributed by atoms with E-state index in [1.165, 1.54) is 0 Å². The van der Waals surface area contributed by atoms with Crippen molar-refractivity contribution in [2.75, 3.05) is 0 Å². The van der Waals surface area contributed by atoms with Gasteiger partial charge in [0.1, 0.15) is 11.5 Å². The van der Waals surface area contributed by atoms with Crippen LogP contribution in [0.2, 0.25) is 0 Å². The fourth-order valence-electron chi connectivity index (χ4n) is 6.44. The maximum Gasteiger partial charge on any atom is 0.132 e. The van der Waals surface area contributed by atoms with Crippen molar-refractivity contribution in [1.29, 1.82) is 0 Å². The average molecular weight is 604 g/mol. The summed E-state index contributed by atoms with van der Waals surface area (Å²) in [4.78, 5) is 0. The fraction of sp³-hybridized carbons (Fsp3) is 0.0222. The first-order chi connectivity index (χ1) is 29.9. The van der Waals surface area contributed by atoms with Gasteiger partial charge in [0, 0.05) is 11.1 Å². The van der Waals surface area contributed by atoms with E-state index < -0.39 is 142 Å². The Morgan fingerprint density at radius 1 is 0.435 bits per heavy atom. The zero-order valence-corrected chi connectivity index (χ0v) is 23.9. The summed E-state index contributed by atoms with van der Waals surface area (Å²) in [5.41, 5.74) is -4.87. The molecule has 0 spiro atoms. The number of ether oxygens (including phenoxy) is 1. The molecule has 0 saturated heterocycles. The van der Waals surface area contributed by atoms with Gasteiger partial charge < -0.3 is 4.74 Å². The van der Waals surface area contributed by atoms with Gasteiger partial charge in [-0.15, -0.1) is 0 Å². The van der Waals surface area contributed by atoms with E-state index in [9.17, 15) is 11.0 Å². The quantitative estimate of drug-likeness (QED) is 0.182. The minimum absolute atomic E-state index is 0.188. The van der Waals surface area contributed by atoms with Gasteiger partial charge in [0.05, 0.1) is 28.7 Å². The Morgan fingerprint density at radius 3 is 1.87 bits per heavy atom. The third-order valence-corrected chi connectivity index (χ3v) is 8.41. The van der Waals surface area contributed by atoms with Crippen LogP contribution in [0, 0.1) is 0 Å². The van der Waals surface area contributed by atoms with Gasteiger partial charge in [-0.25, -0.2) is 0 Å². The second-order valence-corrected chi connectivity index (χ2v) is 10.7. The van der Waals surface area contributed by atoms with Gasteiger partial charge in [-0.05, 0) is 67.0 Å². The lowest BCUT2D eigenvalue weighted by Crippen LogP contribution is -2.34. The van der Waals surface area contributed by atoms with Crippen molar-refractivity contribution in [1.82, 2.24) is 0 Å². The van der Waals surface area contributed by atoms with E-state index in [1.807, 2.05) is 54.6 Å². The number of hydrogen-bond donors (Lipinski definition) is 0. The van der Waals surface area contributed by atoms with Crippen LogP contribution in [-0.4, -0.2) is 0 Å². The minimum Gasteiger partial charge on any atom is -0.457 e. The summed E-state index contributed by atoms with van der Waals surface area (Å²) in [6, 6.07) is 8.99. The molecule has 0 aromatic heterocycles. The smallest absolute Gasteiger partial charge is 0.132 e. The molecule has 8 aromatic rings. The van der Waals surface area contributed by atoms with E-state index >= 15 is 0 Å². The Kier molecular flexibility index (Phi) is 3.33. The number of benzene rings is 8. The lowest BCUT2D eigenvalue weighted by molar-refractivity contribution is 0.435. The predicted molar refractivity (Wildman–Crippen MR) is 191 cm³/mol. The Morgan fingerprint density at radius 2 is 1.07 bits per heavy atom. The molecule has 0 saturated carbocycles. The van der Waals surface area contributed by atoms with Crippen LogP contribution in [-0.2, 0) is 5.41 Å². The topological polar surface area (TPSA) is 9.23 Å². The molecular weight excluding hydrogens is 556 g/mol. The Labute approximate surface area is 292 Å². The molecule has 0 amide bonds. The van der Waals surface area contributed by atoms with Gasteiger partial charge in [0.25, 0.3) is 0 Å². The first-order valence-electron chi connectivity index (χ1n) is 23.0. The van der Waals surface area contributed by atoms with Crippen molar-refractivity contribution in [2.24, 2.45) is 0 Å². The van der Waals surface area contributed by atoms with E-state index in [2.05, 4.69) is 0 Å². The molecule has 1 heteroatoms. The molecule has 0 unspecified atom stereocenters. The summed E-state index contributed by atoms with van der Waals surface area (Å²) in [5.74, 6) is -1.42. The van der Waals surface area contributed by atoms with Crippen LogP contribution in [0.1, 0.15) is 45.6 Å². The van der Waals surface area contributed by atoms with Crippen molar-refractivity contribution in [3.8, 4) is 33.8 Å². The van der Waals surface area contributed by atoms with Crippen LogP contribution in [0.3, 0.4) is 0 Å². The molecule has 46 heavy (non-hydrogen) atoms. The summed E-state index contributed by atoms with van der Waals surface area (Å²) in [6.07, 6.45) is 0. The van der Waals surface area contributed by atoms with E-state index in [-0.39, 0.29) is 11.1 Å². The fourth-order valence-corrected chi connectivity index (χ4v) is 6.44. The molecule has 0 N–H and O–H groups in total. The SMILES string of the molecule is [2H]c1c([2H])c([2H])c(C2(c3c([2H])c([2H])c([2H])c([2H])c3[2H])c3c([2H])c([2H])c([2H])c([2H])c3Oc3c([2H])c(-c4ccccc4-c4cccc5c4ccc4ccccc45)c([2H])c([2H])c32)c([2H])c1[2H]. The first-order valence-corrected chi connectivity index (χ1v) is 14.5. The molecule has 0 atom stereocenters. The van der Waals surface area contributed by atoms with E-state index in [4.69, 9.17) is 17.1 Å². The van der Waals surface area contributed by atoms with Crippen molar-refractivity contribution < 1.29 is 28.0 Å². The molecule has 0 aliphatic carbocycles. The average Bonchev–Trinajstić information content (AvgIpc) is 3.29. The van der Waals surface area contributed by atoms with Crippen molar-refractivity contribution >= 4 is 21.5 Å². The zero-order valence-electron chi connectivity index (χ0n) is 40.9. The van der Waals surface area contributed by atoms with Gasteiger partial charge in [-0.1, -0.05) is 169 Å². The van der Waals surface area contributed by atoms with Crippen LogP contribution in [0.5, 0.6) is 11.5 Å². The highest BCUT2D eigenvalue weighted by molar-refractivity contribution is 6.13. The summed E-state index contributed by atoms with van der Waals surface area (Å²) in [5, 5.41) is 3.73. The first kappa shape index (κ1) is 14.5. The zero-order chi connectivity index (χ0) is 45.3. The highest BCUT2D eigenvalue weighted by atomic mass is 16.5. The second kappa shape index (κ2) is 10.6. The monoisotopic (exact) mass is 603 g/mol. The van der Waals surface area contributed by atoms with E-state index in [0.717, 1.165) is 21.5 Å². The summed E-state index contributed by atoms with van der Waals surface area (Å²) in [7, 11) is 0.